The number of piperidine rings is 1. The fourth-order valence-corrected chi connectivity index (χ4v) is 5.22. The molecule has 3 aliphatic rings. The lowest BCUT2D eigenvalue weighted by atomic mass is 9.88. The molecule has 9 nitrogen and oxygen atoms in total. The van der Waals surface area contributed by atoms with Crippen LogP contribution in [0.15, 0.2) is 18.2 Å². The van der Waals surface area contributed by atoms with Crippen LogP contribution in [0.2, 0.25) is 0 Å². The van der Waals surface area contributed by atoms with Crippen LogP contribution in [0.5, 0.6) is 0 Å². The molecular formula is C31H42F3N5O4. The summed E-state index contributed by atoms with van der Waals surface area (Å²) in [5.74, 6) is -0.725. The van der Waals surface area contributed by atoms with E-state index in [1.807, 2.05) is 31.2 Å². The number of benzene rings is 1. The predicted octanol–water partition coefficient (Wildman–Crippen LogP) is 3.95. The van der Waals surface area contributed by atoms with Gasteiger partial charge < -0.3 is 21.3 Å². The number of nitrogens with zero attached hydrogens (tertiary/aromatic N) is 2. The molecule has 236 valence electrons. The molecule has 0 aromatic heterocycles. The van der Waals surface area contributed by atoms with Gasteiger partial charge in [-0.3, -0.25) is 19.2 Å². The van der Waals surface area contributed by atoms with Crippen molar-refractivity contribution in [1.82, 2.24) is 10.2 Å². The fourth-order valence-electron chi connectivity index (χ4n) is 5.22. The van der Waals surface area contributed by atoms with Gasteiger partial charge in [0.15, 0.2) is 0 Å². The van der Waals surface area contributed by atoms with Crippen molar-refractivity contribution in [2.45, 2.75) is 73.0 Å². The van der Waals surface area contributed by atoms with E-state index in [-0.39, 0.29) is 17.2 Å². The molecule has 2 heterocycles. The van der Waals surface area contributed by atoms with Crippen molar-refractivity contribution in [2.24, 2.45) is 34.3 Å². The van der Waals surface area contributed by atoms with Crippen molar-refractivity contribution in [3.05, 3.63) is 29.3 Å². The quantitative estimate of drug-likeness (QED) is 0.344. The first-order chi connectivity index (χ1) is 19.8. The van der Waals surface area contributed by atoms with Gasteiger partial charge in [0.05, 0.1) is 6.07 Å². The third-order valence-electron chi connectivity index (χ3n) is 7.74. The van der Waals surface area contributed by atoms with Crippen molar-refractivity contribution < 1.29 is 32.3 Å². The molecule has 4 rings (SSSR count). The summed E-state index contributed by atoms with van der Waals surface area (Å²) in [5, 5.41) is 14.2. The summed E-state index contributed by atoms with van der Waals surface area (Å²) in [4.78, 5) is 45.5. The first-order valence-corrected chi connectivity index (χ1v) is 13.8. The fraction of sp³-hybridized carbons (Fsp3) is 0.581. The number of primary amides is 1. The maximum Gasteiger partial charge on any atom is 0.470 e. The largest absolute Gasteiger partial charge is 0.470 e. The average molecular weight is 606 g/mol. The third kappa shape index (κ3) is 10.9. The molecular weight excluding hydrogens is 563 g/mol. The smallest absolute Gasteiger partial charge is 0.362 e. The Bertz CT molecular complexity index is 1220. The Balaban J connectivity index is 0.000000343. The number of halogens is 3. The van der Waals surface area contributed by atoms with Gasteiger partial charge in [0.25, 0.3) is 0 Å². The second kappa shape index (κ2) is 14.9. The van der Waals surface area contributed by atoms with Crippen LogP contribution in [0.25, 0.3) is 0 Å². The number of hydrogen-bond acceptors (Lipinski definition) is 5. The van der Waals surface area contributed by atoms with Crippen LogP contribution in [-0.2, 0) is 25.6 Å². The average Bonchev–Trinajstić information content (AvgIpc) is 3.20. The summed E-state index contributed by atoms with van der Waals surface area (Å²) in [7, 11) is 0. The SMILES string of the molecule is C#C.CC(C)(C)CC(=O)N1CC2[C@H](C1)C2(C)C.Cc1ccc2c(c1)C[C@@H](C[C@@H](C#N)NC=O)C(=O)N2.NC(=O)C(F)(F)F. The molecule has 12 heteroatoms. The number of hydrogen-bond donors (Lipinski definition) is 3. The van der Waals surface area contributed by atoms with Gasteiger partial charge in [0.2, 0.25) is 18.2 Å². The highest BCUT2D eigenvalue weighted by Gasteiger charge is 2.62. The zero-order chi connectivity index (χ0) is 33.3. The van der Waals surface area contributed by atoms with Gasteiger partial charge in [-0.2, -0.15) is 18.4 Å². The number of anilines is 1. The Hall–Kier alpha value is -4.06. The summed E-state index contributed by atoms with van der Waals surface area (Å²) in [5.41, 5.74) is 7.49. The Morgan fingerprint density at radius 2 is 1.77 bits per heavy atom. The summed E-state index contributed by atoms with van der Waals surface area (Å²) in [6.07, 6.45) is 5.25. The van der Waals surface area contributed by atoms with Gasteiger partial charge >= 0.3 is 12.1 Å². The summed E-state index contributed by atoms with van der Waals surface area (Å²) < 4.78 is 32.1. The van der Waals surface area contributed by atoms with Crippen LogP contribution in [0.3, 0.4) is 0 Å². The van der Waals surface area contributed by atoms with E-state index < -0.39 is 18.1 Å². The minimum Gasteiger partial charge on any atom is -0.362 e. The van der Waals surface area contributed by atoms with Gasteiger partial charge in [-0.25, -0.2) is 0 Å². The van der Waals surface area contributed by atoms with Gasteiger partial charge in [-0.15, -0.1) is 12.8 Å². The van der Waals surface area contributed by atoms with Crippen LogP contribution in [-0.4, -0.2) is 54.3 Å². The van der Waals surface area contributed by atoms with Crippen molar-refractivity contribution >= 4 is 29.8 Å². The zero-order valence-corrected chi connectivity index (χ0v) is 25.5. The van der Waals surface area contributed by atoms with E-state index in [1.165, 1.54) is 0 Å². The number of amides is 4. The first-order valence-electron chi connectivity index (χ1n) is 13.8. The van der Waals surface area contributed by atoms with Gasteiger partial charge in [-0.05, 0) is 54.1 Å². The molecule has 4 atom stereocenters. The van der Waals surface area contributed by atoms with E-state index in [9.17, 15) is 27.6 Å². The number of rotatable bonds is 5. The standard InChI is InChI=1S/C14H15N3O2.C13H23NO.C2H2F3NO.C2H2/c1-9-2-3-13-10(4-9)5-11(14(19)17-13)6-12(7-15)16-8-18;1-12(2,3)6-11(15)14-7-9-10(8-14)13(9,4)5;3-2(4,5)1(6)7;1-2/h2-4,8,11-12H,5-6H2,1H3,(H,16,18)(H,17,19);9-10H,6-8H2,1-5H3;(H2,6,7);1-2H/t11-,12-;9-,10?;;/m00../s1. The highest BCUT2D eigenvalue weighted by atomic mass is 19.4. The lowest BCUT2D eigenvalue weighted by molar-refractivity contribution is -0.169. The number of nitrogens with two attached hydrogens (primary N) is 1. The predicted molar refractivity (Wildman–Crippen MR) is 157 cm³/mol. The van der Waals surface area contributed by atoms with E-state index in [1.54, 1.807) is 0 Å². The molecule has 0 spiro atoms. The summed E-state index contributed by atoms with van der Waals surface area (Å²) >= 11 is 0. The number of nitrogens with one attached hydrogen (secondary N) is 2. The Labute approximate surface area is 251 Å². The molecule has 1 unspecified atom stereocenters. The highest BCUT2D eigenvalue weighted by Crippen LogP contribution is 2.62. The number of carbonyl (C=O) groups excluding carboxylic acids is 4. The molecule has 4 N–H and O–H groups in total. The molecule has 0 bridgehead atoms. The molecule has 2 aliphatic heterocycles. The third-order valence-corrected chi connectivity index (χ3v) is 7.74. The van der Waals surface area contributed by atoms with Crippen LogP contribution in [0.1, 0.15) is 58.6 Å². The van der Waals surface area contributed by atoms with Crippen LogP contribution >= 0.6 is 0 Å². The van der Waals surface area contributed by atoms with Crippen molar-refractivity contribution in [3.8, 4) is 18.9 Å². The minimum atomic E-state index is -4.86. The van der Waals surface area contributed by atoms with Gasteiger partial charge in [0, 0.05) is 31.1 Å². The zero-order valence-electron chi connectivity index (χ0n) is 25.5. The lowest BCUT2D eigenvalue weighted by Gasteiger charge is -2.26. The molecule has 4 amide bonds. The summed E-state index contributed by atoms with van der Waals surface area (Å²) in [6, 6.07) is 7.24. The Morgan fingerprint density at radius 1 is 1.23 bits per heavy atom. The molecule has 1 saturated heterocycles. The van der Waals surface area contributed by atoms with Crippen LogP contribution in [0.4, 0.5) is 18.9 Å². The van der Waals surface area contributed by atoms with Crippen molar-refractivity contribution in [1.29, 1.82) is 5.26 Å². The molecule has 1 aromatic rings. The van der Waals surface area contributed by atoms with Crippen molar-refractivity contribution in [3.63, 3.8) is 0 Å². The monoisotopic (exact) mass is 605 g/mol. The molecule has 0 radical (unpaired) electrons. The van der Waals surface area contributed by atoms with Gasteiger partial charge in [-0.1, -0.05) is 52.3 Å². The number of alkyl halides is 3. The maximum absolute atomic E-state index is 12.0. The molecule has 1 aliphatic carbocycles. The Kier molecular flexibility index (Phi) is 12.8. The second-order valence-corrected chi connectivity index (χ2v) is 12.7. The first kappa shape index (κ1) is 37.0. The molecule has 1 aromatic carbocycles. The molecule has 43 heavy (non-hydrogen) atoms. The van der Waals surface area contributed by atoms with Gasteiger partial charge in [0.1, 0.15) is 6.04 Å². The number of fused-ring (bicyclic) bond motifs is 2. The summed E-state index contributed by atoms with van der Waals surface area (Å²) in [6.45, 7) is 15.1. The van der Waals surface area contributed by atoms with E-state index in [4.69, 9.17) is 10.1 Å². The van der Waals surface area contributed by atoms with E-state index in [2.05, 4.69) is 68.7 Å². The number of aryl methyl sites for hydroxylation is 1. The molecule has 2 fully saturated rings. The normalized spacial score (nSPS) is 21.6. The lowest BCUT2D eigenvalue weighted by Crippen LogP contribution is -2.36. The van der Waals surface area contributed by atoms with Crippen molar-refractivity contribution in [2.75, 3.05) is 18.4 Å². The topological polar surface area (TPSA) is 145 Å². The number of nitriles is 1. The van der Waals surface area contributed by atoms with E-state index >= 15 is 0 Å². The highest BCUT2D eigenvalue weighted by molar-refractivity contribution is 5.95. The van der Waals surface area contributed by atoms with Crippen LogP contribution < -0.4 is 16.4 Å². The molecule has 1 saturated carbocycles. The number of terminal acetylenes is 1. The Morgan fingerprint density at radius 3 is 2.21 bits per heavy atom. The number of likely N-dealkylation sites (tertiary alicyclic amines) is 1. The number of carbonyl (C=O) groups is 4. The second-order valence-electron chi connectivity index (χ2n) is 12.7. The van der Waals surface area contributed by atoms with Crippen LogP contribution in [0, 0.1) is 59.7 Å². The van der Waals surface area contributed by atoms with E-state index in [0.717, 1.165) is 41.7 Å². The minimum absolute atomic E-state index is 0.0932. The van der Waals surface area contributed by atoms with E-state index in [0.29, 0.717) is 37.0 Å². The maximum atomic E-state index is 12.0.